The summed E-state index contributed by atoms with van der Waals surface area (Å²) in [7, 11) is 0. The van der Waals surface area contributed by atoms with Crippen molar-refractivity contribution in [3.05, 3.63) is 112 Å². The van der Waals surface area contributed by atoms with Gasteiger partial charge in [-0.2, -0.15) is 0 Å². The number of piperidine rings is 1. The summed E-state index contributed by atoms with van der Waals surface area (Å²) in [6.07, 6.45) is 9.45. The Morgan fingerprint density at radius 2 is 1.76 bits per heavy atom. The molecule has 1 aliphatic rings. The first-order chi connectivity index (χ1) is 18.1. The van der Waals surface area contributed by atoms with E-state index in [1.807, 2.05) is 42.5 Å². The zero-order chi connectivity index (χ0) is 25.6. The first-order valence-corrected chi connectivity index (χ1v) is 13.3. The lowest BCUT2D eigenvalue weighted by atomic mass is 9.93. The largest absolute Gasteiger partial charge is 0.478 e. The number of nitrogens with zero attached hydrogens (tertiary/aromatic N) is 2. The number of aromatic carboxylic acids is 1. The van der Waals surface area contributed by atoms with Gasteiger partial charge in [0.1, 0.15) is 0 Å². The van der Waals surface area contributed by atoms with Crippen molar-refractivity contribution in [3.63, 3.8) is 0 Å². The van der Waals surface area contributed by atoms with Gasteiger partial charge in [0, 0.05) is 16.5 Å². The normalized spacial score (nSPS) is 15.3. The predicted molar refractivity (Wildman–Crippen MR) is 152 cm³/mol. The van der Waals surface area contributed by atoms with Crippen molar-refractivity contribution >= 4 is 40.6 Å². The number of rotatable bonds is 8. The van der Waals surface area contributed by atoms with Crippen LogP contribution in [0.1, 0.15) is 64.5 Å². The van der Waals surface area contributed by atoms with E-state index in [1.54, 1.807) is 12.1 Å². The Hall–Kier alpha value is -3.47. The third-order valence-electron chi connectivity index (χ3n) is 7.18. The molecule has 1 unspecified atom stereocenters. The summed E-state index contributed by atoms with van der Waals surface area (Å²) in [6.45, 7) is 2.16. The van der Waals surface area contributed by atoms with E-state index in [9.17, 15) is 9.90 Å². The summed E-state index contributed by atoms with van der Waals surface area (Å²) < 4.78 is 0. The molecule has 0 spiro atoms. The molecule has 0 bridgehead atoms. The molecule has 5 rings (SSSR count). The summed E-state index contributed by atoms with van der Waals surface area (Å²) in [5.74, 6) is -0.859. The second kappa shape index (κ2) is 11.7. The molecule has 0 radical (unpaired) electrons. The molecule has 1 saturated heterocycles. The van der Waals surface area contributed by atoms with Gasteiger partial charge in [0.25, 0.3) is 0 Å². The van der Waals surface area contributed by atoms with Gasteiger partial charge in [0.05, 0.1) is 16.8 Å². The molecule has 4 aromatic rings. The lowest BCUT2D eigenvalue weighted by Gasteiger charge is -2.35. The van der Waals surface area contributed by atoms with Crippen LogP contribution in [0.3, 0.4) is 0 Å². The summed E-state index contributed by atoms with van der Waals surface area (Å²) in [6, 6.07) is 26.2. The smallest absolute Gasteiger partial charge is 0.335 e. The molecule has 1 atom stereocenters. The number of benzene rings is 3. The quantitative estimate of drug-likeness (QED) is 0.261. The Balaban J connectivity index is 1.39. The van der Waals surface area contributed by atoms with Gasteiger partial charge in [-0.15, -0.1) is 0 Å². The molecule has 1 aromatic heterocycles. The molecular formula is C32H31ClN2O2. The number of carbonyl (C=O) groups is 1. The maximum absolute atomic E-state index is 11.7. The average molecular weight is 511 g/mol. The van der Waals surface area contributed by atoms with Crippen molar-refractivity contribution in [2.24, 2.45) is 0 Å². The number of pyridine rings is 1. The van der Waals surface area contributed by atoms with Gasteiger partial charge < -0.3 is 5.11 Å². The second-order valence-electron chi connectivity index (χ2n) is 9.69. The summed E-state index contributed by atoms with van der Waals surface area (Å²) in [5, 5.41) is 11.4. The number of fused-ring (bicyclic) bond motifs is 1. The van der Waals surface area contributed by atoms with Crippen molar-refractivity contribution in [3.8, 4) is 0 Å². The number of hydrogen-bond donors (Lipinski definition) is 1. The molecule has 2 heterocycles. The van der Waals surface area contributed by atoms with Crippen LogP contribution in [0.15, 0.2) is 78.9 Å². The number of hydrogen-bond acceptors (Lipinski definition) is 3. The van der Waals surface area contributed by atoms with E-state index >= 15 is 0 Å². The van der Waals surface area contributed by atoms with Crippen molar-refractivity contribution in [2.45, 2.75) is 38.1 Å². The molecule has 4 nitrogen and oxygen atoms in total. The van der Waals surface area contributed by atoms with E-state index in [2.05, 4.69) is 41.3 Å². The molecule has 0 saturated carbocycles. The van der Waals surface area contributed by atoms with Crippen molar-refractivity contribution in [2.75, 3.05) is 13.1 Å². The third-order valence-corrected chi connectivity index (χ3v) is 7.42. The summed E-state index contributed by atoms with van der Waals surface area (Å²) >= 11 is 6.15. The van der Waals surface area contributed by atoms with Gasteiger partial charge in [-0.1, -0.05) is 78.7 Å². The van der Waals surface area contributed by atoms with Crippen LogP contribution in [0.4, 0.5) is 0 Å². The minimum atomic E-state index is -0.859. The number of aryl methyl sites for hydroxylation is 1. The van der Waals surface area contributed by atoms with Crippen LogP contribution in [0.5, 0.6) is 0 Å². The van der Waals surface area contributed by atoms with Crippen molar-refractivity contribution < 1.29 is 9.90 Å². The highest BCUT2D eigenvalue weighted by molar-refractivity contribution is 6.31. The second-order valence-corrected chi connectivity index (χ2v) is 10.1. The zero-order valence-corrected chi connectivity index (χ0v) is 21.6. The monoisotopic (exact) mass is 510 g/mol. The van der Waals surface area contributed by atoms with E-state index in [1.165, 1.54) is 24.8 Å². The number of carboxylic acids is 1. The molecule has 5 heteroatoms. The van der Waals surface area contributed by atoms with Crippen LogP contribution in [0.2, 0.25) is 5.02 Å². The van der Waals surface area contributed by atoms with Gasteiger partial charge in [-0.25, -0.2) is 9.78 Å². The Morgan fingerprint density at radius 1 is 0.946 bits per heavy atom. The summed E-state index contributed by atoms with van der Waals surface area (Å²) in [4.78, 5) is 19.0. The fourth-order valence-electron chi connectivity index (χ4n) is 5.28. The van der Waals surface area contributed by atoms with E-state index in [4.69, 9.17) is 16.6 Å². The van der Waals surface area contributed by atoms with E-state index in [0.717, 1.165) is 53.7 Å². The first-order valence-electron chi connectivity index (χ1n) is 13.0. The average Bonchev–Trinajstić information content (AvgIpc) is 2.93. The maximum Gasteiger partial charge on any atom is 0.335 e. The fourth-order valence-corrected chi connectivity index (χ4v) is 5.45. The Labute approximate surface area is 223 Å². The number of halogens is 1. The van der Waals surface area contributed by atoms with Crippen molar-refractivity contribution in [1.82, 2.24) is 9.88 Å². The van der Waals surface area contributed by atoms with E-state index < -0.39 is 5.97 Å². The van der Waals surface area contributed by atoms with Gasteiger partial charge in [0.15, 0.2) is 0 Å². The zero-order valence-electron chi connectivity index (χ0n) is 20.8. The van der Waals surface area contributed by atoms with Gasteiger partial charge >= 0.3 is 5.97 Å². The van der Waals surface area contributed by atoms with E-state index in [-0.39, 0.29) is 6.04 Å². The van der Waals surface area contributed by atoms with Gasteiger partial charge in [-0.3, -0.25) is 4.90 Å². The SMILES string of the molecule is O=C(O)c1ccccc1CCC(c1cccc(/C=C/c2ccc3ccc(Cl)cc3n2)c1)N1CCCCC1. The molecule has 1 fully saturated rings. The molecular weight excluding hydrogens is 480 g/mol. The third kappa shape index (κ3) is 6.27. The molecule has 0 amide bonds. The van der Waals surface area contributed by atoms with Crippen LogP contribution < -0.4 is 0 Å². The number of aromatic nitrogens is 1. The molecule has 1 N–H and O–H groups in total. The van der Waals surface area contributed by atoms with E-state index in [0.29, 0.717) is 10.6 Å². The van der Waals surface area contributed by atoms with Crippen LogP contribution in [-0.4, -0.2) is 34.0 Å². The van der Waals surface area contributed by atoms with Crippen LogP contribution in [0.25, 0.3) is 23.1 Å². The van der Waals surface area contributed by atoms with Gasteiger partial charge in [0.2, 0.25) is 0 Å². The lowest BCUT2D eigenvalue weighted by molar-refractivity contribution is 0.0695. The lowest BCUT2D eigenvalue weighted by Crippen LogP contribution is -2.34. The predicted octanol–water partition coefficient (Wildman–Crippen LogP) is 7.92. The van der Waals surface area contributed by atoms with Crippen LogP contribution >= 0.6 is 11.6 Å². The van der Waals surface area contributed by atoms with Crippen LogP contribution in [-0.2, 0) is 6.42 Å². The Kier molecular flexibility index (Phi) is 7.98. The topological polar surface area (TPSA) is 53.4 Å². The molecule has 37 heavy (non-hydrogen) atoms. The molecule has 0 aliphatic carbocycles. The number of likely N-dealkylation sites (tertiary alicyclic amines) is 1. The molecule has 1 aliphatic heterocycles. The molecule has 3 aromatic carbocycles. The Bertz CT molecular complexity index is 1430. The highest BCUT2D eigenvalue weighted by Gasteiger charge is 2.23. The standard InChI is InChI=1S/C32H31ClN2O2/c33-27-15-12-25-13-17-28(34-30(25)22-27)16-11-23-7-6-9-26(21-23)31(35-19-4-1-5-20-35)18-14-24-8-2-3-10-29(24)32(36)37/h2-3,6-13,15-17,21-22,31H,1,4-5,14,18-20H2,(H,36,37)/b16-11+. The van der Waals surface area contributed by atoms with Gasteiger partial charge in [-0.05, 0) is 85.8 Å². The van der Waals surface area contributed by atoms with Crippen molar-refractivity contribution in [1.29, 1.82) is 0 Å². The highest BCUT2D eigenvalue weighted by atomic mass is 35.5. The maximum atomic E-state index is 11.7. The fraction of sp³-hybridized carbons (Fsp3) is 0.250. The first kappa shape index (κ1) is 25.2. The number of carboxylic acid groups (broad SMARTS) is 1. The minimum Gasteiger partial charge on any atom is -0.478 e. The Morgan fingerprint density at radius 3 is 2.59 bits per heavy atom. The van der Waals surface area contributed by atoms with Crippen LogP contribution in [0, 0.1) is 0 Å². The molecule has 188 valence electrons. The highest BCUT2D eigenvalue weighted by Crippen LogP contribution is 2.30. The minimum absolute atomic E-state index is 0.247. The summed E-state index contributed by atoms with van der Waals surface area (Å²) in [5.41, 5.74) is 5.47.